The molecule has 0 radical (unpaired) electrons. The van der Waals surface area contributed by atoms with Gasteiger partial charge in [0, 0.05) is 45.9 Å². The first-order chi connectivity index (χ1) is 12.6. The topological polar surface area (TPSA) is 58.1 Å². The first-order valence-electron chi connectivity index (χ1n) is 9.21. The van der Waals surface area contributed by atoms with Crippen LogP contribution in [0.2, 0.25) is 0 Å². The van der Waals surface area contributed by atoms with E-state index < -0.39 is 0 Å². The van der Waals surface area contributed by atoms with Crippen molar-refractivity contribution in [1.29, 1.82) is 0 Å². The molecular weight excluding hydrogens is 462 g/mol. The van der Waals surface area contributed by atoms with E-state index in [4.69, 9.17) is 9.47 Å². The minimum Gasteiger partial charge on any atom is -0.489 e. The van der Waals surface area contributed by atoms with E-state index in [1.54, 1.807) is 26.3 Å². The van der Waals surface area contributed by atoms with Crippen LogP contribution in [0.15, 0.2) is 29.3 Å². The number of likely N-dealkylation sites (tertiary alicyclic amines) is 1. The lowest BCUT2D eigenvalue weighted by Gasteiger charge is -2.33. The van der Waals surface area contributed by atoms with Crippen molar-refractivity contribution in [2.24, 2.45) is 4.99 Å². The van der Waals surface area contributed by atoms with Crippen molar-refractivity contribution in [3.8, 4) is 5.75 Å². The van der Waals surface area contributed by atoms with Crippen LogP contribution in [0.1, 0.15) is 19.8 Å². The number of benzene rings is 1. The molecule has 1 fully saturated rings. The zero-order chi connectivity index (χ0) is 18.8. The van der Waals surface area contributed by atoms with Crippen LogP contribution >= 0.6 is 24.0 Å². The van der Waals surface area contributed by atoms with E-state index in [1.807, 2.05) is 6.92 Å². The van der Waals surface area contributed by atoms with Crippen LogP contribution < -0.4 is 15.4 Å². The molecule has 0 spiro atoms. The van der Waals surface area contributed by atoms with Gasteiger partial charge in [-0.25, -0.2) is 4.39 Å². The second-order valence-corrected chi connectivity index (χ2v) is 6.59. The molecule has 0 aromatic heterocycles. The Balaban J connectivity index is 0.00000364. The molecule has 2 rings (SSSR count). The van der Waals surface area contributed by atoms with Gasteiger partial charge in [-0.3, -0.25) is 4.99 Å². The minimum absolute atomic E-state index is 0. The number of rotatable bonds is 8. The zero-order valence-electron chi connectivity index (χ0n) is 16.4. The van der Waals surface area contributed by atoms with Crippen LogP contribution in [0.25, 0.3) is 0 Å². The number of ether oxygens (including phenoxy) is 2. The third kappa shape index (κ3) is 9.07. The molecule has 2 N–H and O–H groups in total. The maximum atomic E-state index is 13.2. The quantitative estimate of drug-likeness (QED) is 0.331. The molecule has 1 heterocycles. The molecule has 1 aliphatic heterocycles. The molecule has 0 amide bonds. The molecule has 1 atom stereocenters. The number of aliphatic imine (C=N–C) groups is 1. The summed E-state index contributed by atoms with van der Waals surface area (Å²) in [6, 6.07) is 6.61. The van der Waals surface area contributed by atoms with Gasteiger partial charge < -0.3 is 25.0 Å². The summed E-state index contributed by atoms with van der Waals surface area (Å²) in [6.07, 6.45) is 2.06. The summed E-state index contributed by atoms with van der Waals surface area (Å²) >= 11 is 0. The summed E-state index contributed by atoms with van der Waals surface area (Å²) in [5.41, 5.74) is 0. The van der Waals surface area contributed by atoms with Gasteiger partial charge in [-0.05, 0) is 31.9 Å². The number of nitrogens with one attached hydrogen (secondary N) is 2. The average molecular weight is 494 g/mol. The normalized spacial score (nSPS) is 17.1. The zero-order valence-corrected chi connectivity index (χ0v) is 18.7. The Morgan fingerprint density at radius 3 is 2.74 bits per heavy atom. The van der Waals surface area contributed by atoms with Crippen molar-refractivity contribution in [3.63, 3.8) is 0 Å². The summed E-state index contributed by atoms with van der Waals surface area (Å²) in [4.78, 5) is 6.71. The van der Waals surface area contributed by atoms with E-state index in [1.165, 1.54) is 12.1 Å². The lowest BCUT2D eigenvalue weighted by atomic mass is 10.1. The lowest BCUT2D eigenvalue weighted by molar-refractivity contribution is 0.128. The highest BCUT2D eigenvalue weighted by atomic mass is 127. The Kier molecular flexibility index (Phi) is 11.6. The van der Waals surface area contributed by atoms with Gasteiger partial charge in [0.1, 0.15) is 17.7 Å². The van der Waals surface area contributed by atoms with Crippen molar-refractivity contribution in [2.45, 2.75) is 31.9 Å². The predicted octanol–water partition coefficient (Wildman–Crippen LogP) is 2.49. The largest absolute Gasteiger partial charge is 0.489 e. The van der Waals surface area contributed by atoms with Crippen molar-refractivity contribution in [2.75, 3.05) is 46.9 Å². The number of guanidine groups is 1. The minimum atomic E-state index is -0.294. The second-order valence-electron chi connectivity index (χ2n) is 6.59. The molecule has 1 aromatic rings. The first kappa shape index (κ1) is 23.9. The Morgan fingerprint density at radius 2 is 2.11 bits per heavy atom. The molecule has 154 valence electrons. The highest BCUT2D eigenvalue weighted by Gasteiger charge is 2.19. The molecule has 1 unspecified atom stereocenters. The molecule has 8 heteroatoms. The number of nitrogens with zero attached hydrogens (tertiary/aromatic N) is 2. The first-order valence-corrected chi connectivity index (χ1v) is 9.21. The summed E-state index contributed by atoms with van der Waals surface area (Å²) in [6.45, 7) is 6.44. The molecule has 0 bridgehead atoms. The van der Waals surface area contributed by atoms with Crippen LogP contribution in [0.3, 0.4) is 0 Å². The van der Waals surface area contributed by atoms with Gasteiger partial charge >= 0.3 is 0 Å². The highest BCUT2D eigenvalue weighted by Crippen LogP contribution is 2.13. The number of halogens is 2. The van der Waals surface area contributed by atoms with Gasteiger partial charge in [0.2, 0.25) is 0 Å². The number of methoxy groups -OCH3 is 1. The maximum Gasteiger partial charge on any atom is 0.191 e. The maximum absolute atomic E-state index is 13.2. The van der Waals surface area contributed by atoms with Gasteiger partial charge in [0.05, 0.1) is 13.2 Å². The molecule has 6 nitrogen and oxygen atoms in total. The van der Waals surface area contributed by atoms with E-state index in [0.717, 1.165) is 45.0 Å². The standard InChI is InChI=1S/C19H31FN4O2.HI/c1-15(26-18-6-4-5-16(20)13-18)14-22-19(21-2)23-17-7-9-24(10-8-17)11-12-25-3;/h4-6,13,15,17H,7-12,14H2,1-3H3,(H2,21,22,23);1H. The van der Waals surface area contributed by atoms with Crippen molar-refractivity contribution in [3.05, 3.63) is 30.1 Å². The summed E-state index contributed by atoms with van der Waals surface area (Å²) < 4.78 is 24.1. The Labute approximate surface area is 178 Å². The SMILES string of the molecule is CN=C(NCC(C)Oc1cccc(F)c1)NC1CCN(CCOC)CC1.I. The van der Waals surface area contributed by atoms with Gasteiger partial charge in [0.25, 0.3) is 0 Å². The third-order valence-corrected chi connectivity index (χ3v) is 4.45. The fourth-order valence-corrected chi connectivity index (χ4v) is 2.96. The Bertz CT molecular complexity index is 568. The smallest absolute Gasteiger partial charge is 0.191 e. The molecule has 1 saturated heterocycles. The van der Waals surface area contributed by atoms with Crippen LogP contribution in [0.4, 0.5) is 4.39 Å². The van der Waals surface area contributed by atoms with Crippen molar-refractivity contribution >= 4 is 29.9 Å². The fourth-order valence-electron chi connectivity index (χ4n) is 2.96. The van der Waals surface area contributed by atoms with Crippen LogP contribution in [-0.4, -0.2) is 69.9 Å². The van der Waals surface area contributed by atoms with E-state index >= 15 is 0 Å². The van der Waals surface area contributed by atoms with Gasteiger partial charge in [-0.2, -0.15) is 0 Å². The van der Waals surface area contributed by atoms with E-state index in [9.17, 15) is 4.39 Å². The number of hydrogen-bond acceptors (Lipinski definition) is 4. The molecule has 27 heavy (non-hydrogen) atoms. The number of piperidine rings is 1. The van der Waals surface area contributed by atoms with Gasteiger partial charge in [-0.1, -0.05) is 6.07 Å². The number of hydrogen-bond donors (Lipinski definition) is 2. The second kappa shape index (κ2) is 13.1. The summed E-state index contributed by atoms with van der Waals surface area (Å²) in [7, 11) is 3.50. The average Bonchev–Trinajstić information content (AvgIpc) is 2.64. The Morgan fingerprint density at radius 1 is 1.37 bits per heavy atom. The van der Waals surface area contributed by atoms with E-state index in [-0.39, 0.29) is 35.9 Å². The predicted molar refractivity (Wildman–Crippen MR) is 118 cm³/mol. The monoisotopic (exact) mass is 494 g/mol. The fraction of sp³-hybridized carbons (Fsp3) is 0.632. The molecular formula is C19H32FIN4O2. The van der Waals surface area contributed by atoms with Gasteiger partial charge in [0.15, 0.2) is 5.96 Å². The summed E-state index contributed by atoms with van der Waals surface area (Å²) in [5.74, 6) is 1.01. The summed E-state index contributed by atoms with van der Waals surface area (Å²) in [5, 5.41) is 6.76. The highest BCUT2D eigenvalue weighted by molar-refractivity contribution is 14.0. The van der Waals surface area contributed by atoms with Crippen LogP contribution in [0.5, 0.6) is 5.75 Å². The van der Waals surface area contributed by atoms with Crippen molar-refractivity contribution in [1.82, 2.24) is 15.5 Å². The van der Waals surface area contributed by atoms with Gasteiger partial charge in [-0.15, -0.1) is 24.0 Å². The lowest BCUT2D eigenvalue weighted by Crippen LogP contribution is -2.50. The van der Waals surface area contributed by atoms with E-state index in [2.05, 4.69) is 20.5 Å². The van der Waals surface area contributed by atoms with E-state index in [0.29, 0.717) is 18.3 Å². The molecule has 1 aliphatic rings. The molecule has 0 aliphatic carbocycles. The van der Waals surface area contributed by atoms with Crippen LogP contribution in [-0.2, 0) is 4.74 Å². The van der Waals surface area contributed by atoms with Crippen LogP contribution in [0, 0.1) is 5.82 Å². The van der Waals surface area contributed by atoms with Crippen molar-refractivity contribution < 1.29 is 13.9 Å². The Hall–Kier alpha value is -1.13. The molecule has 1 aromatic carbocycles. The third-order valence-electron chi connectivity index (χ3n) is 4.45. The molecule has 0 saturated carbocycles.